The highest BCUT2D eigenvalue weighted by atomic mass is 16.2. The summed E-state index contributed by atoms with van der Waals surface area (Å²) in [4.78, 5) is 122. The summed E-state index contributed by atoms with van der Waals surface area (Å²) in [7, 11) is 0. The zero-order valence-corrected chi connectivity index (χ0v) is 33.0. The van der Waals surface area contributed by atoms with Crippen LogP contribution in [0.1, 0.15) is 93.9 Å². The predicted molar refractivity (Wildman–Crippen MR) is 195 cm³/mol. The van der Waals surface area contributed by atoms with E-state index in [1.807, 2.05) is 27.7 Å². The summed E-state index contributed by atoms with van der Waals surface area (Å²) in [5.74, 6) is -4.75. The van der Waals surface area contributed by atoms with Crippen molar-refractivity contribution in [2.45, 2.75) is 100.0 Å². The molecule has 7 atom stereocenters. The first-order valence-corrected chi connectivity index (χ1v) is 19.2. The van der Waals surface area contributed by atoms with E-state index in [4.69, 9.17) is 5.73 Å². The SMILES string of the molecule is CC(C)C1CC(=O)N(CCNC(=O)[C@@]2(C)C[C@@](C)(C(=O)NCCN3C(=O)CC(C(C)C)C3=O)C[C@@](C)(C(=O)NCCN3C(=O)CC(C(C)N)C3=O)C2)C1=O. The molecule has 1 saturated carbocycles. The van der Waals surface area contributed by atoms with E-state index in [1.54, 1.807) is 27.7 Å². The van der Waals surface area contributed by atoms with Crippen molar-refractivity contribution >= 4 is 53.2 Å². The van der Waals surface area contributed by atoms with Crippen molar-refractivity contribution in [3.05, 3.63) is 0 Å². The van der Waals surface area contributed by atoms with Crippen molar-refractivity contribution < 1.29 is 43.2 Å². The molecule has 16 heteroatoms. The standard InChI is InChI=1S/C38H59N7O9/c1-21(2)24-15-27(46)43(30(24)49)12-9-40-33(52)36(6)18-37(7,34(53)41-10-13-44-28(47)16-25(22(3)4)31(44)50)20-38(8,19-36)35(54)42-11-14-45-29(48)17-26(23(5)39)32(45)51/h21-26H,9-20,39H2,1-8H3,(H,40,52)(H,41,53)(H,42,54)/t23?,24?,25?,26?,36-,37+,38-. The Kier molecular flexibility index (Phi) is 12.8. The summed E-state index contributed by atoms with van der Waals surface area (Å²) in [6.07, 6.45) is 0.366. The molecule has 3 saturated heterocycles. The molecule has 16 nitrogen and oxygen atoms in total. The van der Waals surface area contributed by atoms with Crippen LogP contribution < -0.4 is 21.7 Å². The second-order valence-corrected chi connectivity index (χ2v) is 17.4. The average Bonchev–Trinajstić information content (AvgIpc) is 3.64. The van der Waals surface area contributed by atoms with Crippen molar-refractivity contribution in [2.24, 2.45) is 51.6 Å². The van der Waals surface area contributed by atoms with Gasteiger partial charge in [0.2, 0.25) is 53.2 Å². The van der Waals surface area contributed by atoms with Crippen LogP contribution in [0.3, 0.4) is 0 Å². The number of carbonyl (C=O) groups is 9. The number of hydrogen-bond acceptors (Lipinski definition) is 10. The molecule has 1 aliphatic carbocycles. The van der Waals surface area contributed by atoms with Gasteiger partial charge in [-0.1, -0.05) is 48.5 Å². The largest absolute Gasteiger partial charge is 0.354 e. The first kappa shape index (κ1) is 42.5. The molecule has 5 N–H and O–H groups in total. The van der Waals surface area contributed by atoms with Crippen LogP contribution in [0.15, 0.2) is 0 Å². The normalized spacial score (nSPS) is 30.9. The van der Waals surface area contributed by atoms with Crippen molar-refractivity contribution in [1.82, 2.24) is 30.7 Å². The van der Waals surface area contributed by atoms with E-state index in [2.05, 4.69) is 16.0 Å². The smallest absolute Gasteiger partial charge is 0.234 e. The third-order valence-electron chi connectivity index (χ3n) is 11.9. The van der Waals surface area contributed by atoms with E-state index in [0.29, 0.717) is 0 Å². The van der Waals surface area contributed by atoms with Crippen LogP contribution in [0.5, 0.6) is 0 Å². The molecule has 0 aromatic carbocycles. The van der Waals surface area contributed by atoms with Crippen molar-refractivity contribution in [2.75, 3.05) is 39.3 Å². The third kappa shape index (κ3) is 8.68. The van der Waals surface area contributed by atoms with E-state index < -0.39 is 63.7 Å². The van der Waals surface area contributed by atoms with E-state index in [1.165, 1.54) is 0 Å². The Morgan fingerprint density at radius 3 is 1.04 bits per heavy atom. The molecule has 0 spiro atoms. The Balaban J connectivity index is 1.48. The van der Waals surface area contributed by atoms with E-state index >= 15 is 0 Å². The van der Waals surface area contributed by atoms with Crippen molar-refractivity contribution in [3.63, 3.8) is 0 Å². The summed E-state index contributed by atoms with van der Waals surface area (Å²) >= 11 is 0. The molecule has 4 aliphatic rings. The van der Waals surface area contributed by atoms with Gasteiger partial charge in [-0.3, -0.25) is 57.9 Å². The number of amides is 9. The maximum absolute atomic E-state index is 14.0. The molecule has 4 unspecified atom stereocenters. The Morgan fingerprint density at radius 2 is 0.815 bits per heavy atom. The highest BCUT2D eigenvalue weighted by molar-refractivity contribution is 6.05. The van der Waals surface area contributed by atoms with Gasteiger partial charge in [0.05, 0.1) is 5.92 Å². The molecule has 54 heavy (non-hydrogen) atoms. The van der Waals surface area contributed by atoms with Crippen LogP contribution in [0.25, 0.3) is 0 Å². The minimum Gasteiger partial charge on any atom is -0.354 e. The monoisotopic (exact) mass is 757 g/mol. The molecule has 0 aromatic heterocycles. The van der Waals surface area contributed by atoms with Crippen molar-refractivity contribution in [1.29, 1.82) is 0 Å². The molecule has 9 amide bonds. The molecule has 3 heterocycles. The average molecular weight is 758 g/mol. The Bertz CT molecular complexity index is 1390. The topological polar surface area (TPSA) is 225 Å². The van der Waals surface area contributed by atoms with Gasteiger partial charge in [-0.05, 0) is 38.0 Å². The van der Waals surface area contributed by atoms with Gasteiger partial charge in [-0.15, -0.1) is 0 Å². The lowest BCUT2D eigenvalue weighted by Gasteiger charge is -2.50. The van der Waals surface area contributed by atoms with E-state index in [-0.39, 0.29) is 119 Å². The van der Waals surface area contributed by atoms with Gasteiger partial charge in [-0.2, -0.15) is 0 Å². The van der Waals surface area contributed by atoms with Gasteiger partial charge in [0.25, 0.3) is 0 Å². The summed E-state index contributed by atoms with van der Waals surface area (Å²) < 4.78 is 0. The quantitative estimate of drug-likeness (QED) is 0.167. The second kappa shape index (κ2) is 16.3. The summed E-state index contributed by atoms with van der Waals surface area (Å²) in [6, 6.07) is -0.503. The highest BCUT2D eigenvalue weighted by Gasteiger charge is 2.57. The summed E-state index contributed by atoms with van der Waals surface area (Å²) in [5.41, 5.74) is 2.07. The molecular weight excluding hydrogens is 698 g/mol. The first-order chi connectivity index (χ1) is 25.0. The molecular formula is C38H59N7O9. The zero-order valence-electron chi connectivity index (χ0n) is 33.0. The van der Waals surface area contributed by atoms with E-state index in [0.717, 1.165) is 14.7 Å². The fourth-order valence-corrected chi connectivity index (χ4v) is 9.02. The van der Waals surface area contributed by atoms with Crippen LogP contribution >= 0.6 is 0 Å². The lowest BCUT2D eigenvalue weighted by molar-refractivity contribution is -0.155. The molecule has 3 aliphatic heterocycles. The Morgan fingerprint density at radius 1 is 0.556 bits per heavy atom. The van der Waals surface area contributed by atoms with Gasteiger partial charge in [-0.25, -0.2) is 0 Å². The van der Waals surface area contributed by atoms with Crippen LogP contribution in [-0.2, 0) is 43.2 Å². The van der Waals surface area contributed by atoms with Crippen LogP contribution in [-0.4, -0.2) is 113 Å². The zero-order chi connectivity index (χ0) is 40.5. The molecule has 4 rings (SSSR count). The maximum atomic E-state index is 14.0. The third-order valence-corrected chi connectivity index (χ3v) is 11.9. The second-order valence-electron chi connectivity index (χ2n) is 17.4. The molecule has 300 valence electrons. The number of likely N-dealkylation sites (tertiary alicyclic amines) is 3. The van der Waals surface area contributed by atoms with Gasteiger partial charge < -0.3 is 21.7 Å². The summed E-state index contributed by atoms with van der Waals surface area (Å²) in [6.45, 7) is 14.0. The number of nitrogens with zero attached hydrogens (tertiary/aromatic N) is 3. The Labute approximate surface area is 317 Å². The van der Waals surface area contributed by atoms with Crippen molar-refractivity contribution in [3.8, 4) is 0 Å². The van der Waals surface area contributed by atoms with Gasteiger partial charge >= 0.3 is 0 Å². The van der Waals surface area contributed by atoms with Gasteiger partial charge in [0.15, 0.2) is 0 Å². The van der Waals surface area contributed by atoms with Crippen LogP contribution in [0, 0.1) is 45.8 Å². The Hall–Kier alpha value is -4.21. The molecule has 0 aromatic rings. The number of imide groups is 3. The lowest BCUT2D eigenvalue weighted by Crippen LogP contribution is -2.58. The molecule has 4 fully saturated rings. The van der Waals surface area contributed by atoms with E-state index in [9.17, 15) is 43.2 Å². The minimum absolute atomic E-state index is 0.000128. The van der Waals surface area contributed by atoms with Crippen LogP contribution in [0.2, 0.25) is 0 Å². The fraction of sp³-hybridized carbons (Fsp3) is 0.763. The number of nitrogens with one attached hydrogen (secondary N) is 3. The molecule has 0 bridgehead atoms. The first-order valence-electron chi connectivity index (χ1n) is 19.2. The number of nitrogens with two attached hydrogens (primary N) is 1. The van der Waals surface area contributed by atoms with Gasteiger partial charge in [0.1, 0.15) is 0 Å². The van der Waals surface area contributed by atoms with Gasteiger partial charge in [0, 0.05) is 92.7 Å². The summed E-state index contributed by atoms with van der Waals surface area (Å²) in [5, 5.41) is 8.51. The van der Waals surface area contributed by atoms with Crippen LogP contribution in [0.4, 0.5) is 0 Å². The predicted octanol–water partition coefficient (Wildman–Crippen LogP) is 0.322. The number of carbonyl (C=O) groups excluding carboxylic acids is 9. The lowest BCUT2D eigenvalue weighted by atomic mass is 9.53. The fourth-order valence-electron chi connectivity index (χ4n) is 9.02. The highest BCUT2D eigenvalue weighted by Crippen LogP contribution is 2.55. The molecule has 0 radical (unpaired) electrons. The minimum atomic E-state index is -1.28. The number of hydrogen-bond donors (Lipinski definition) is 4. The number of rotatable bonds is 15. The maximum Gasteiger partial charge on any atom is 0.234 e.